The molecule has 0 spiro atoms. The number of phenols is 1. The second-order valence-corrected chi connectivity index (χ2v) is 11.0. The van der Waals surface area contributed by atoms with E-state index in [4.69, 9.17) is 18.9 Å². The van der Waals surface area contributed by atoms with Crippen molar-refractivity contribution in [1.29, 1.82) is 0 Å². The van der Waals surface area contributed by atoms with Gasteiger partial charge in [0.15, 0.2) is 11.5 Å². The number of phenolic OH excluding ortho intramolecular Hbond substituents is 1. The fraction of sp³-hybridized carbons (Fsp3) is 0.459. The van der Waals surface area contributed by atoms with Crippen LogP contribution in [0, 0.1) is 12.8 Å². The molecule has 0 radical (unpaired) electrons. The van der Waals surface area contributed by atoms with Gasteiger partial charge in [-0.2, -0.15) is 0 Å². The number of aromatic hydroxyl groups is 1. The fourth-order valence-corrected chi connectivity index (χ4v) is 5.65. The Hall–Kier alpha value is -3.86. The van der Waals surface area contributed by atoms with Gasteiger partial charge < -0.3 is 29.0 Å². The monoisotopic (exact) mass is 602 g/mol. The lowest BCUT2D eigenvalue weighted by molar-refractivity contribution is 0.0392. The number of nitrogens with zero attached hydrogens (tertiary/aromatic N) is 2. The van der Waals surface area contributed by atoms with Crippen molar-refractivity contribution in [2.24, 2.45) is 0 Å². The first kappa shape index (κ1) is 34.6. The molecule has 0 unspecified atom stereocenters. The molecule has 7 nitrogen and oxygen atoms in total. The van der Waals surface area contributed by atoms with Crippen molar-refractivity contribution in [3.8, 4) is 35.8 Å². The quantitative estimate of drug-likeness (QED) is 0.244. The minimum Gasteiger partial charge on any atom is -0.508 e. The van der Waals surface area contributed by atoms with E-state index in [2.05, 4.69) is 66.9 Å². The molecule has 1 aliphatic carbocycles. The van der Waals surface area contributed by atoms with Crippen molar-refractivity contribution in [3.05, 3.63) is 77.4 Å². The van der Waals surface area contributed by atoms with Crippen LogP contribution < -0.4 is 19.1 Å². The third kappa shape index (κ3) is 10.4. The number of hydrogen-bond acceptors (Lipinski definition) is 7. The number of likely N-dealkylation sites (N-methyl/N-ethyl adjacent to an activating group) is 1. The SMILES string of the molecule is C#C.CCN(Cc1ccc(OCCN(C)C2CCOCC2)cc1)c1ccc(OC)c(OC)c1.Oc1ccc2c(c1)CCCC2. The van der Waals surface area contributed by atoms with Gasteiger partial charge in [-0.25, -0.2) is 0 Å². The van der Waals surface area contributed by atoms with Crippen molar-refractivity contribution < 1.29 is 24.1 Å². The van der Waals surface area contributed by atoms with E-state index in [1.165, 1.54) is 36.0 Å². The van der Waals surface area contributed by atoms with Gasteiger partial charge in [0.2, 0.25) is 0 Å². The van der Waals surface area contributed by atoms with Gasteiger partial charge >= 0.3 is 0 Å². The zero-order valence-electron chi connectivity index (χ0n) is 27.0. The third-order valence-electron chi connectivity index (χ3n) is 8.27. The van der Waals surface area contributed by atoms with E-state index in [1.54, 1.807) is 20.3 Å². The molecule has 1 heterocycles. The summed E-state index contributed by atoms with van der Waals surface area (Å²) in [5, 5.41) is 9.19. The summed E-state index contributed by atoms with van der Waals surface area (Å²) < 4.78 is 22.2. The number of hydrogen-bond donors (Lipinski definition) is 1. The van der Waals surface area contributed by atoms with E-state index in [1.807, 2.05) is 24.3 Å². The number of benzene rings is 3. The predicted molar refractivity (Wildman–Crippen MR) is 179 cm³/mol. The lowest BCUT2D eigenvalue weighted by Crippen LogP contribution is -2.38. The van der Waals surface area contributed by atoms with Gasteiger partial charge in [-0.1, -0.05) is 18.2 Å². The van der Waals surface area contributed by atoms with Crippen molar-refractivity contribution in [3.63, 3.8) is 0 Å². The number of terminal acetylenes is 1. The van der Waals surface area contributed by atoms with Crippen LogP contribution in [0.5, 0.6) is 23.0 Å². The molecule has 3 aromatic carbocycles. The summed E-state index contributed by atoms with van der Waals surface area (Å²) in [6.45, 7) is 7.23. The molecule has 1 N–H and O–H groups in total. The van der Waals surface area contributed by atoms with Gasteiger partial charge in [0.05, 0.1) is 14.2 Å². The summed E-state index contributed by atoms with van der Waals surface area (Å²) in [5.74, 6) is 2.81. The van der Waals surface area contributed by atoms with Crippen LogP contribution in [-0.2, 0) is 24.1 Å². The Morgan fingerprint density at radius 2 is 1.55 bits per heavy atom. The molecule has 1 aliphatic heterocycles. The minimum atomic E-state index is 0.408. The van der Waals surface area contributed by atoms with Crippen LogP contribution in [0.4, 0.5) is 5.69 Å². The van der Waals surface area contributed by atoms with Crippen molar-refractivity contribution in [2.45, 2.75) is 58.0 Å². The first-order valence-corrected chi connectivity index (χ1v) is 15.6. The van der Waals surface area contributed by atoms with E-state index >= 15 is 0 Å². The Balaban J connectivity index is 0.000000336. The summed E-state index contributed by atoms with van der Waals surface area (Å²) >= 11 is 0. The topological polar surface area (TPSA) is 63.6 Å². The third-order valence-corrected chi connectivity index (χ3v) is 8.27. The molecule has 0 amide bonds. The maximum atomic E-state index is 9.19. The molecule has 1 saturated heterocycles. The highest BCUT2D eigenvalue weighted by Crippen LogP contribution is 2.32. The molecule has 7 heteroatoms. The van der Waals surface area contributed by atoms with Gasteiger partial charge in [-0.3, -0.25) is 4.90 Å². The molecular formula is C37H50N2O5. The van der Waals surface area contributed by atoms with Gasteiger partial charge in [0.25, 0.3) is 0 Å². The highest BCUT2D eigenvalue weighted by atomic mass is 16.5. The molecule has 0 aromatic heterocycles. The maximum absolute atomic E-state index is 9.19. The average molecular weight is 603 g/mol. The standard InChI is InChI=1S/C25H36N2O4.C10H12O.C2H2/c1-5-27(22-8-11-24(28-3)25(18-22)29-4)19-20-6-9-23(10-7-20)31-17-14-26(2)21-12-15-30-16-13-21;11-10-6-5-8-3-1-2-4-9(8)7-10;1-2/h6-11,18,21H,5,12-17,19H2,1-4H3;5-7,11H,1-4H2;1-2H. The lowest BCUT2D eigenvalue weighted by Gasteiger charge is -2.31. The van der Waals surface area contributed by atoms with Crippen LogP contribution >= 0.6 is 0 Å². The van der Waals surface area contributed by atoms with Crippen LogP contribution in [0.1, 0.15) is 49.3 Å². The van der Waals surface area contributed by atoms with Crippen molar-refractivity contribution in [1.82, 2.24) is 4.90 Å². The number of fused-ring (bicyclic) bond motifs is 1. The number of anilines is 1. The van der Waals surface area contributed by atoms with Crippen LogP contribution in [0.25, 0.3) is 0 Å². The summed E-state index contributed by atoms with van der Waals surface area (Å²) in [4.78, 5) is 4.69. The molecule has 3 aromatic rings. The highest BCUT2D eigenvalue weighted by Gasteiger charge is 2.18. The molecule has 5 rings (SSSR count). The second-order valence-electron chi connectivity index (χ2n) is 11.0. The zero-order valence-corrected chi connectivity index (χ0v) is 27.0. The van der Waals surface area contributed by atoms with E-state index < -0.39 is 0 Å². The van der Waals surface area contributed by atoms with E-state index in [-0.39, 0.29) is 0 Å². The first-order chi connectivity index (χ1) is 21.5. The van der Waals surface area contributed by atoms with Gasteiger partial charge in [0, 0.05) is 50.6 Å². The van der Waals surface area contributed by atoms with Crippen LogP contribution in [0.15, 0.2) is 60.7 Å². The van der Waals surface area contributed by atoms with Gasteiger partial charge in [0.1, 0.15) is 18.1 Å². The Bertz CT molecular complexity index is 1270. The number of rotatable bonds is 11. The number of aryl methyl sites for hydroxylation is 2. The fourth-order valence-electron chi connectivity index (χ4n) is 5.65. The Morgan fingerprint density at radius 3 is 2.20 bits per heavy atom. The zero-order chi connectivity index (χ0) is 31.7. The normalized spacial score (nSPS) is 14.2. The van der Waals surface area contributed by atoms with Gasteiger partial charge in [-0.05, 0) is 106 Å². The molecular weight excluding hydrogens is 552 g/mol. The summed E-state index contributed by atoms with van der Waals surface area (Å²) in [6.07, 6.45) is 15.1. The first-order valence-electron chi connectivity index (χ1n) is 15.6. The molecule has 0 bridgehead atoms. The second kappa shape index (κ2) is 18.7. The summed E-state index contributed by atoms with van der Waals surface area (Å²) in [6, 6.07) is 20.8. The van der Waals surface area contributed by atoms with E-state index in [0.717, 1.165) is 75.0 Å². The Labute approximate surface area is 264 Å². The molecule has 0 saturated carbocycles. The highest BCUT2D eigenvalue weighted by molar-refractivity contribution is 5.56. The summed E-state index contributed by atoms with van der Waals surface area (Å²) in [5.41, 5.74) is 5.12. The number of methoxy groups -OCH3 is 2. The van der Waals surface area contributed by atoms with E-state index in [0.29, 0.717) is 18.4 Å². The Kier molecular flexibility index (Phi) is 14.7. The predicted octanol–water partition coefficient (Wildman–Crippen LogP) is 6.74. The summed E-state index contributed by atoms with van der Waals surface area (Å²) in [7, 11) is 5.50. The molecule has 238 valence electrons. The Morgan fingerprint density at radius 1 is 0.864 bits per heavy atom. The average Bonchev–Trinajstić information content (AvgIpc) is 3.09. The van der Waals surface area contributed by atoms with Crippen LogP contribution in [-0.4, -0.2) is 70.2 Å². The van der Waals surface area contributed by atoms with Crippen LogP contribution in [0.2, 0.25) is 0 Å². The van der Waals surface area contributed by atoms with Crippen molar-refractivity contribution in [2.75, 3.05) is 59.1 Å². The minimum absolute atomic E-state index is 0.408. The van der Waals surface area contributed by atoms with Gasteiger partial charge in [-0.15, -0.1) is 12.8 Å². The molecule has 2 aliphatic rings. The molecule has 44 heavy (non-hydrogen) atoms. The van der Waals surface area contributed by atoms with Crippen molar-refractivity contribution >= 4 is 5.69 Å². The van der Waals surface area contributed by atoms with Crippen LogP contribution in [0.3, 0.4) is 0 Å². The molecule has 0 atom stereocenters. The number of ether oxygens (including phenoxy) is 4. The lowest BCUT2D eigenvalue weighted by atomic mass is 9.92. The smallest absolute Gasteiger partial charge is 0.162 e. The largest absolute Gasteiger partial charge is 0.508 e. The maximum Gasteiger partial charge on any atom is 0.162 e. The molecule has 1 fully saturated rings. The van der Waals surface area contributed by atoms with E-state index in [9.17, 15) is 5.11 Å².